The number of aliphatic hydroxyl groups excluding tert-OH is 2. The first-order chi connectivity index (χ1) is 14.6. The average molecular weight is 436 g/mol. The van der Waals surface area contributed by atoms with Gasteiger partial charge < -0.3 is 24.3 Å². The van der Waals surface area contributed by atoms with Crippen molar-refractivity contribution in [3.8, 4) is 16.9 Å². The monoisotopic (exact) mass is 436 g/mol. The molecule has 1 atom stereocenters. The number of fused-ring (bicyclic) bond motifs is 1. The maximum Gasteiger partial charge on any atom is 0.573 e. The van der Waals surface area contributed by atoms with E-state index in [1.807, 2.05) is 0 Å². The third-order valence-corrected chi connectivity index (χ3v) is 4.60. The molecule has 3 aromatic rings. The maximum absolute atomic E-state index is 12.4. The average Bonchev–Trinajstić information content (AvgIpc) is 3.21. The van der Waals surface area contributed by atoms with E-state index < -0.39 is 19.1 Å². The van der Waals surface area contributed by atoms with Gasteiger partial charge in [-0.3, -0.25) is 4.79 Å². The molecule has 10 heteroatoms. The van der Waals surface area contributed by atoms with Crippen molar-refractivity contribution in [3.05, 3.63) is 60.5 Å². The van der Waals surface area contributed by atoms with Crippen LogP contribution < -0.4 is 4.74 Å². The van der Waals surface area contributed by atoms with Crippen molar-refractivity contribution < 1.29 is 37.3 Å². The molecule has 2 aromatic carbocycles. The molecule has 7 nitrogen and oxygen atoms in total. The molecule has 31 heavy (non-hydrogen) atoms. The van der Waals surface area contributed by atoms with Crippen LogP contribution in [0.1, 0.15) is 17.2 Å². The van der Waals surface area contributed by atoms with Gasteiger partial charge in [0.15, 0.2) is 12.0 Å². The number of benzene rings is 2. The van der Waals surface area contributed by atoms with E-state index in [-0.39, 0.29) is 29.3 Å². The highest BCUT2D eigenvalue weighted by Gasteiger charge is 2.31. The summed E-state index contributed by atoms with van der Waals surface area (Å²) in [7, 11) is 1.53. The zero-order chi connectivity index (χ0) is 22.8. The first-order valence-electron chi connectivity index (χ1n) is 9.06. The van der Waals surface area contributed by atoms with Crippen molar-refractivity contribution in [2.45, 2.75) is 19.0 Å². The molecular weight excluding hydrogens is 417 g/mol. The van der Waals surface area contributed by atoms with Crippen LogP contribution in [0.15, 0.2) is 53.8 Å². The lowest BCUT2D eigenvalue weighted by Crippen LogP contribution is -2.25. The van der Waals surface area contributed by atoms with Crippen LogP contribution in [-0.2, 0) is 11.3 Å². The van der Waals surface area contributed by atoms with E-state index in [4.69, 9.17) is 4.42 Å². The first kappa shape index (κ1) is 22.3. The Labute approximate surface area is 175 Å². The third-order valence-electron chi connectivity index (χ3n) is 4.60. The molecule has 0 aliphatic carbocycles. The quantitative estimate of drug-likeness (QED) is 0.550. The molecule has 0 fully saturated rings. The van der Waals surface area contributed by atoms with Crippen LogP contribution in [0.2, 0.25) is 0 Å². The first-order valence-corrected chi connectivity index (χ1v) is 9.06. The van der Waals surface area contributed by atoms with E-state index in [1.165, 1.54) is 24.1 Å². The summed E-state index contributed by atoms with van der Waals surface area (Å²) in [5.74, 6) is -0.742. The van der Waals surface area contributed by atoms with E-state index >= 15 is 0 Å². The molecular formula is C21H19F3N2O5. The Bertz CT molecular complexity index is 1090. The molecule has 1 amide bonds. The fraction of sp³-hybridized carbons (Fsp3) is 0.238. The zero-order valence-electron chi connectivity index (χ0n) is 16.4. The number of hydrogen-bond acceptors (Lipinski definition) is 6. The number of carbonyl (C=O) groups excluding carboxylic acids is 1. The zero-order valence-corrected chi connectivity index (χ0v) is 16.4. The topological polar surface area (TPSA) is 96.0 Å². The molecule has 1 heterocycles. The number of ether oxygens (including phenoxy) is 1. The minimum atomic E-state index is -4.81. The number of alkyl halides is 3. The minimum Gasteiger partial charge on any atom is -0.443 e. The SMILES string of the molecule is C=CC(=O)N(C)Cc1cc(-c2ccc(OC(F)(F)F)cc2)c2ncoc2c1[C@@H](O)CO. The Balaban J connectivity index is 2.13. The molecule has 0 spiro atoms. The molecule has 0 saturated carbocycles. The summed E-state index contributed by atoms with van der Waals surface area (Å²) in [5, 5.41) is 19.9. The Morgan fingerprint density at radius 2 is 2.03 bits per heavy atom. The van der Waals surface area contributed by atoms with Gasteiger partial charge in [0.05, 0.1) is 6.61 Å². The molecule has 0 radical (unpaired) electrons. The molecule has 1 aromatic heterocycles. The minimum absolute atomic E-state index is 0.0517. The van der Waals surface area contributed by atoms with Gasteiger partial charge in [0.25, 0.3) is 0 Å². The van der Waals surface area contributed by atoms with Gasteiger partial charge >= 0.3 is 6.36 Å². The second-order valence-electron chi connectivity index (χ2n) is 6.70. The number of aromatic nitrogens is 1. The number of nitrogens with zero attached hydrogens (tertiary/aromatic N) is 2. The van der Waals surface area contributed by atoms with Crippen LogP contribution in [0.5, 0.6) is 5.75 Å². The molecule has 164 valence electrons. The van der Waals surface area contributed by atoms with Crippen LogP contribution >= 0.6 is 0 Å². The second kappa shape index (κ2) is 8.78. The van der Waals surface area contributed by atoms with Crippen LogP contribution in [0.4, 0.5) is 13.2 Å². The van der Waals surface area contributed by atoms with E-state index in [9.17, 15) is 28.2 Å². The van der Waals surface area contributed by atoms with Gasteiger partial charge in [0.2, 0.25) is 5.91 Å². The fourth-order valence-electron chi connectivity index (χ4n) is 3.23. The van der Waals surface area contributed by atoms with Crippen LogP contribution in [-0.4, -0.2) is 46.0 Å². The van der Waals surface area contributed by atoms with Crippen LogP contribution in [0.25, 0.3) is 22.2 Å². The number of carbonyl (C=O) groups is 1. The van der Waals surface area contributed by atoms with Crippen molar-refractivity contribution in [1.29, 1.82) is 0 Å². The van der Waals surface area contributed by atoms with Gasteiger partial charge in [-0.2, -0.15) is 0 Å². The summed E-state index contributed by atoms with van der Waals surface area (Å²) in [5.41, 5.74) is 2.29. The molecule has 0 aliphatic rings. The van der Waals surface area contributed by atoms with E-state index in [1.54, 1.807) is 6.07 Å². The van der Waals surface area contributed by atoms with Crippen molar-refractivity contribution in [2.75, 3.05) is 13.7 Å². The number of aliphatic hydroxyl groups is 2. The highest BCUT2D eigenvalue weighted by molar-refractivity contribution is 5.94. The van der Waals surface area contributed by atoms with Gasteiger partial charge in [0, 0.05) is 24.7 Å². The summed E-state index contributed by atoms with van der Waals surface area (Å²) in [6.45, 7) is 2.90. The smallest absolute Gasteiger partial charge is 0.443 e. The van der Waals surface area contributed by atoms with Gasteiger partial charge in [-0.1, -0.05) is 18.7 Å². The van der Waals surface area contributed by atoms with Crippen LogP contribution in [0, 0.1) is 0 Å². The summed E-state index contributed by atoms with van der Waals surface area (Å²) < 4.78 is 46.6. The molecule has 0 saturated heterocycles. The lowest BCUT2D eigenvalue weighted by Gasteiger charge is -2.21. The lowest BCUT2D eigenvalue weighted by atomic mass is 9.94. The van der Waals surface area contributed by atoms with Gasteiger partial charge in [-0.25, -0.2) is 4.98 Å². The van der Waals surface area contributed by atoms with E-state index in [0.29, 0.717) is 22.2 Å². The van der Waals surface area contributed by atoms with Gasteiger partial charge in [0.1, 0.15) is 17.4 Å². The Hall–Kier alpha value is -3.37. The van der Waals surface area contributed by atoms with Crippen molar-refractivity contribution >= 4 is 17.0 Å². The van der Waals surface area contributed by atoms with E-state index in [2.05, 4.69) is 16.3 Å². The van der Waals surface area contributed by atoms with Gasteiger partial charge in [-0.05, 0) is 35.4 Å². The number of rotatable bonds is 7. The Morgan fingerprint density at radius 1 is 1.35 bits per heavy atom. The Morgan fingerprint density at radius 3 is 2.61 bits per heavy atom. The third kappa shape index (κ3) is 4.86. The number of oxazole rings is 1. The molecule has 0 unspecified atom stereocenters. The number of hydrogen-bond donors (Lipinski definition) is 2. The normalized spacial score (nSPS) is 12.6. The highest BCUT2D eigenvalue weighted by atomic mass is 19.4. The van der Waals surface area contributed by atoms with Crippen molar-refractivity contribution in [3.63, 3.8) is 0 Å². The summed E-state index contributed by atoms with van der Waals surface area (Å²) in [6.07, 6.45) is -3.81. The Kier molecular flexibility index (Phi) is 6.32. The second-order valence-corrected chi connectivity index (χ2v) is 6.70. The molecule has 3 rings (SSSR count). The standard InChI is InChI=1S/C21H19F3N2O5/c1-3-17(29)26(2)9-13-8-15(12-4-6-14(7-5-12)31-21(22,23)24)19-20(30-11-25-19)18(13)16(28)10-27/h3-8,11,16,27-28H,1,9-10H2,2H3/t16-/m0/s1. The predicted molar refractivity (Wildman–Crippen MR) is 105 cm³/mol. The van der Waals surface area contributed by atoms with Crippen LogP contribution in [0.3, 0.4) is 0 Å². The van der Waals surface area contributed by atoms with Gasteiger partial charge in [-0.15, -0.1) is 13.2 Å². The highest BCUT2D eigenvalue weighted by Crippen LogP contribution is 2.37. The summed E-state index contributed by atoms with van der Waals surface area (Å²) in [6, 6.07) is 6.83. The number of amides is 1. The van der Waals surface area contributed by atoms with Crippen molar-refractivity contribution in [2.24, 2.45) is 0 Å². The predicted octanol–water partition coefficient (Wildman–Crippen LogP) is 3.56. The number of likely N-dealkylation sites (N-methyl/N-ethyl adjacent to an activating group) is 1. The molecule has 2 N–H and O–H groups in total. The van der Waals surface area contributed by atoms with Crippen molar-refractivity contribution in [1.82, 2.24) is 9.88 Å². The fourth-order valence-corrected chi connectivity index (χ4v) is 3.23. The van der Waals surface area contributed by atoms with E-state index in [0.717, 1.165) is 24.6 Å². The summed E-state index contributed by atoms with van der Waals surface area (Å²) in [4.78, 5) is 17.4. The summed E-state index contributed by atoms with van der Waals surface area (Å²) >= 11 is 0. The molecule has 0 aliphatic heterocycles. The molecule has 0 bridgehead atoms. The largest absolute Gasteiger partial charge is 0.573 e. The lowest BCUT2D eigenvalue weighted by molar-refractivity contribution is -0.274. The number of halogens is 3. The maximum atomic E-state index is 12.4.